The van der Waals surface area contributed by atoms with Crippen molar-refractivity contribution in [2.75, 3.05) is 0 Å². The topological polar surface area (TPSA) is 38.0 Å². The van der Waals surface area contributed by atoms with Crippen molar-refractivity contribution in [1.29, 1.82) is 5.26 Å². The number of nitriles is 1. The van der Waals surface area contributed by atoms with Crippen molar-refractivity contribution in [1.82, 2.24) is 9.13 Å². The molecule has 0 radical (unpaired) electrons. The fraction of sp³-hybridized carbons (Fsp3) is 0.0256. The maximum absolute atomic E-state index is 9.91. The molecule has 0 atom stereocenters. The number of benzene rings is 6. The summed E-state index contributed by atoms with van der Waals surface area (Å²) in [4.78, 5) is 3.59. The minimum atomic E-state index is 0.382. The Morgan fingerprint density at radius 2 is 1.30 bits per heavy atom. The maximum Gasteiger partial charge on any atom is 0.205 e. The van der Waals surface area contributed by atoms with Gasteiger partial charge in [0.2, 0.25) is 5.69 Å². The summed E-state index contributed by atoms with van der Waals surface area (Å²) in [5, 5.41) is 14.7. The molecule has 0 spiro atoms. The molecule has 0 aliphatic rings. The van der Waals surface area contributed by atoms with Crippen LogP contribution in [0.2, 0.25) is 0 Å². The van der Waals surface area contributed by atoms with Gasteiger partial charge in [-0.1, -0.05) is 84.9 Å². The number of hydrogen-bond donors (Lipinski definition) is 0. The molecule has 6 aromatic carbocycles. The third-order valence-corrected chi connectivity index (χ3v) is 8.58. The Morgan fingerprint density at radius 1 is 0.628 bits per heavy atom. The lowest BCUT2D eigenvalue weighted by Crippen LogP contribution is -1.99. The lowest BCUT2D eigenvalue weighted by Gasteiger charge is -2.14. The van der Waals surface area contributed by atoms with Gasteiger partial charge < -0.3 is 9.13 Å². The minimum Gasteiger partial charge on any atom is -0.309 e. The zero-order chi connectivity index (χ0) is 29.1. The molecule has 8 aromatic rings. The van der Waals surface area contributed by atoms with E-state index in [2.05, 4.69) is 135 Å². The van der Waals surface area contributed by atoms with Crippen molar-refractivity contribution in [2.45, 2.75) is 6.92 Å². The van der Waals surface area contributed by atoms with Gasteiger partial charge in [-0.2, -0.15) is 5.26 Å². The summed E-state index contributed by atoms with van der Waals surface area (Å²) in [7, 11) is 0. The number of hydrogen-bond acceptors (Lipinski definition) is 1. The fourth-order valence-corrected chi connectivity index (χ4v) is 6.68. The first-order chi connectivity index (χ1) is 21.2. The van der Waals surface area contributed by atoms with E-state index in [4.69, 9.17) is 6.57 Å². The van der Waals surface area contributed by atoms with Crippen molar-refractivity contribution in [3.05, 3.63) is 150 Å². The van der Waals surface area contributed by atoms with Crippen LogP contribution >= 0.6 is 0 Å². The summed E-state index contributed by atoms with van der Waals surface area (Å²) >= 11 is 0. The second-order valence-electron chi connectivity index (χ2n) is 10.8. The average Bonchev–Trinajstić information content (AvgIpc) is 3.57. The summed E-state index contributed by atoms with van der Waals surface area (Å²) in [5.41, 5.74) is 10.4. The number of aromatic nitrogens is 2. The van der Waals surface area contributed by atoms with Gasteiger partial charge in [0, 0.05) is 32.9 Å². The summed E-state index contributed by atoms with van der Waals surface area (Å²) < 4.78 is 4.58. The molecule has 0 fully saturated rings. The molecule has 0 amide bonds. The predicted molar refractivity (Wildman–Crippen MR) is 176 cm³/mol. The standard InChI is InChI=1S/C39H24N4/c1-25-32(24-40)33(41-2)21-22-34(25)43-36-17-9-7-14-31(36)39-28(15-10-18-37(39)43)26-19-20-30-29-13-6-8-16-35(29)42(38(30)23-26)27-11-4-3-5-12-27/h3-23H,1H3. The lowest BCUT2D eigenvalue weighted by molar-refractivity contribution is 1.14. The van der Waals surface area contributed by atoms with Crippen molar-refractivity contribution >= 4 is 49.3 Å². The summed E-state index contributed by atoms with van der Waals surface area (Å²) in [6.45, 7) is 9.48. The highest BCUT2D eigenvalue weighted by molar-refractivity contribution is 6.17. The lowest BCUT2D eigenvalue weighted by atomic mass is 9.98. The van der Waals surface area contributed by atoms with Gasteiger partial charge in [-0.15, -0.1) is 0 Å². The molecule has 43 heavy (non-hydrogen) atoms. The van der Waals surface area contributed by atoms with Crippen molar-refractivity contribution in [3.8, 4) is 28.6 Å². The van der Waals surface area contributed by atoms with Crippen LogP contribution < -0.4 is 0 Å². The van der Waals surface area contributed by atoms with Gasteiger partial charge in [0.15, 0.2) is 0 Å². The Kier molecular flexibility index (Phi) is 5.44. The molecule has 0 N–H and O–H groups in total. The van der Waals surface area contributed by atoms with Gasteiger partial charge in [0.1, 0.15) is 0 Å². The normalized spacial score (nSPS) is 11.3. The van der Waals surface area contributed by atoms with Crippen LogP contribution in [0.25, 0.3) is 71.0 Å². The first-order valence-electron chi connectivity index (χ1n) is 14.2. The molecule has 2 heterocycles. The molecule has 0 saturated carbocycles. The fourth-order valence-electron chi connectivity index (χ4n) is 6.68. The Morgan fingerprint density at radius 3 is 2.07 bits per heavy atom. The van der Waals surface area contributed by atoms with Gasteiger partial charge in [0.25, 0.3) is 0 Å². The van der Waals surface area contributed by atoms with Gasteiger partial charge in [-0.3, -0.25) is 0 Å². The molecule has 0 bridgehead atoms. The quantitative estimate of drug-likeness (QED) is 0.202. The number of rotatable bonds is 3. The third kappa shape index (κ3) is 3.54. The van der Waals surface area contributed by atoms with E-state index in [1.165, 1.54) is 16.3 Å². The minimum absolute atomic E-state index is 0.382. The first-order valence-corrected chi connectivity index (χ1v) is 14.2. The van der Waals surface area contributed by atoms with Gasteiger partial charge in [-0.25, -0.2) is 4.85 Å². The molecule has 4 heteroatoms. The molecule has 0 unspecified atom stereocenters. The van der Waals surface area contributed by atoms with Gasteiger partial charge >= 0.3 is 0 Å². The second kappa shape index (κ2) is 9.48. The highest BCUT2D eigenvalue weighted by atomic mass is 15.0. The van der Waals surface area contributed by atoms with Crippen LogP contribution in [0.1, 0.15) is 11.1 Å². The molecule has 200 valence electrons. The van der Waals surface area contributed by atoms with E-state index in [1.54, 1.807) is 6.07 Å². The Labute approximate surface area is 248 Å². The second-order valence-corrected chi connectivity index (χ2v) is 10.8. The van der Waals surface area contributed by atoms with Crippen molar-refractivity contribution < 1.29 is 0 Å². The van der Waals surface area contributed by atoms with E-state index < -0.39 is 0 Å². The highest BCUT2D eigenvalue weighted by Crippen LogP contribution is 2.42. The molecular weight excluding hydrogens is 524 g/mol. The third-order valence-electron chi connectivity index (χ3n) is 8.58. The summed E-state index contributed by atoms with van der Waals surface area (Å²) in [5.74, 6) is 0. The molecule has 8 rings (SSSR count). The molecule has 4 nitrogen and oxygen atoms in total. The van der Waals surface area contributed by atoms with Gasteiger partial charge in [-0.05, 0) is 66.1 Å². The number of nitrogens with zero attached hydrogens (tertiary/aromatic N) is 4. The highest BCUT2D eigenvalue weighted by Gasteiger charge is 2.20. The zero-order valence-electron chi connectivity index (χ0n) is 23.4. The molecule has 2 aromatic heterocycles. The van der Waals surface area contributed by atoms with Crippen molar-refractivity contribution in [3.63, 3.8) is 0 Å². The van der Waals surface area contributed by atoms with E-state index in [9.17, 15) is 5.26 Å². The Balaban J connectivity index is 1.45. The maximum atomic E-state index is 9.91. The largest absolute Gasteiger partial charge is 0.309 e. The van der Waals surface area contributed by atoms with Crippen LogP contribution in [0.15, 0.2) is 127 Å². The monoisotopic (exact) mass is 548 g/mol. The SMILES string of the molecule is [C-]#[N+]c1ccc(-n2c3ccccc3c3c(-c4ccc5c6ccccc6n(-c6ccccc6)c5c4)cccc32)c(C)c1C#N. The summed E-state index contributed by atoms with van der Waals surface area (Å²) in [6.07, 6.45) is 0. The van der Waals surface area contributed by atoms with Crippen LogP contribution in [0.5, 0.6) is 0 Å². The van der Waals surface area contributed by atoms with E-state index in [0.29, 0.717) is 11.3 Å². The van der Waals surface area contributed by atoms with E-state index in [1.807, 2.05) is 13.0 Å². The molecule has 0 aliphatic heterocycles. The molecular formula is C39H24N4. The van der Waals surface area contributed by atoms with Crippen LogP contribution in [-0.4, -0.2) is 9.13 Å². The van der Waals surface area contributed by atoms with Crippen LogP contribution in [-0.2, 0) is 0 Å². The Bertz CT molecular complexity index is 2480. The number of fused-ring (bicyclic) bond motifs is 6. The first kappa shape index (κ1) is 24.7. The average molecular weight is 549 g/mol. The van der Waals surface area contributed by atoms with Crippen molar-refractivity contribution in [2.24, 2.45) is 0 Å². The van der Waals surface area contributed by atoms with Crippen LogP contribution in [0.3, 0.4) is 0 Å². The summed E-state index contributed by atoms with van der Waals surface area (Å²) in [6, 6.07) is 46.8. The zero-order valence-corrected chi connectivity index (χ0v) is 23.4. The van der Waals surface area contributed by atoms with E-state index in [-0.39, 0.29) is 0 Å². The smallest absolute Gasteiger partial charge is 0.205 e. The predicted octanol–water partition coefficient (Wildman–Crippen LogP) is 10.3. The molecule has 0 saturated heterocycles. The Hall–Kier alpha value is -6.10. The van der Waals surface area contributed by atoms with E-state index >= 15 is 0 Å². The van der Waals surface area contributed by atoms with Crippen LogP contribution in [0.4, 0.5) is 5.69 Å². The van der Waals surface area contributed by atoms with E-state index in [0.717, 1.165) is 55.4 Å². The van der Waals surface area contributed by atoms with Crippen LogP contribution in [0, 0.1) is 24.8 Å². The number of para-hydroxylation sites is 3. The molecule has 0 aliphatic carbocycles. The van der Waals surface area contributed by atoms with Gasteiger partial charge in [0.05, 0.1) is 40.3 Å².